The molecule has 1 aliphatic rings. The van der Waals surface area contributed by atoms with Crippen LogP contribution >= 0.6 is 0 Å². The molecule has 1 fully saturated rings. The summed E-state index contributed by atoms with van der Waals surface area (Å²) in [5, 5.41) is 3.01. The molecule has 0 bridgehead atoms. The molecule has 152 valence electrons. The highest BCUT2D eigenvalue weighted by Crippen LogP contribution is 2.32. The molecule has 0 radical (unpaired) electrons. The van der Waals surface area contributed by atoms with Crippen molar-refractivity contribution < 1.29 is 9.21 Å². The van der Waals surface area contributed by atoms with E-state index in [4.69, 9.17) is 9.40 Å². The third kappa shape index (κ3) is 3.32. The van der Waals surface area contributed by atoms with E-state index in [1.54, 1.807) is 18.7 Å². The van der Waals surface area contributed by atoms with Crippen LogP contribution in [0.25, 0.3) is 22.6 Å². The number of furan rings is 1. The summed E-state index contributed by atoms with van der Waals surface area (Å²) in [5.41, 5.74) is 4.64. The van der Waals surface area contributed by atoms with E-state index < -0.39 is 0 Å². The van der Waals surface area contributed by atoms with E-state index >= 15 is 0 Å². The number of benzene rings is 1. The molecule has 1 aromatic carbocycles. The maximum Gasteiger partial charge on any atom is 0.321 e. The van der Waals surface area contributed by atoms with Crippen molar-refractivity contribution in [3.8, 4) is 11.4 Å². The van der Waals surface area contributed by atoms with Crippen molar-refractivity contribution in [2.45, 2.75) is 25.8 Å². The van der Waals surface area contributed by atoms with Crippen molar-refractivity contribution in [1.82, 2.24) is 19.4 Å². The number of nitrogens with one attached hydrogen (secondary N) is 1. The van der Waals surface area contributed by atoms with Crippen LogP contribution in [0, 0.1) is 0 Å². The first-order chi connectivity index (χ1) is 14.7. The fourth-order valence-corrected chi connectivity index (χ4v) is 4.03. The van der Waals surface area contributed by atoms with E-state index in [1.165, 1.54) is 5.56 Å². The third-order valence-corrected chi connectivity index (χ3v) is 5.66. The molecule has 7 heteroatoms. The Morgan fingerprint density at radius 1 is 1.23 bits per heavy atom. The number of carbonyl (C=O) groups is 1. The number of hydrogen-bond donors (Lipinski definition) is 1. The molecule has 5 rings (SSSR count). The van der Waals surface area contributed by atoms with Gasteiger partial charge in [-0.3, -0.25) is 0 Å². The number of hydrogen-bond acceptors (Lipinski definition) is 4. The molecule has 3 aromatic heterocycles. The third-order valence-electron chi connectivity index (χ3n) is 5.66. The number of likely N-dealkylation sites (tertiary alicyclic amines) is 1. The van der Waals surface area contributed by atoms with Gasteiger partial charge in [0.05, 0.1) is 17.9 Å². The summed E-state index contributed by atoms with van der Waals surface area (Å²) < 4.78 is 7.42. The Hall–Kier alpha value is -3.61. The van der Waals surface area contributed by atoms with Gasteiger partial charge in [-0.05, 0) is 48.7 Å². The largest absolute Gasteiger partial charge is 0.472 e. The molecular weight excluding hydrogens is 378 g/mol. The summed E-state index contributed by atoms with van der Waals surface area (Å²) in [6.07, 6.45) is 6.93. The zero-order valence-electron chi connectivity index (χ0n) is 16.8. The number of aromatic nitrogens is 3. The van der Waals surface area contributed by atoms with Crippen LogP contribution in [-0.2, 0) is 6.42 Å². The molecule has 4 aromatic rings. The average molecular weight is 401 g/mol. The van der Waals surface area contributed by atoms with Crippen LogP contribution in [0.15, 0.2) is 65.6 Å². The lowest BCUT2D eigenvalue weighted by molar-refractivity contribution is 0.221. The van der Waals surface area contributed by atoms with Crippen molar-refractivity contribution >= 4 is 22.9 Å². The molecule has 2 amide bonds. The second-order valence-electron chi connectivity index (χ2n) is 7.53. The SMILES string of the molecule is CCc1ccc(NC(=O)N2CC[C@H](n3c(-c4ccoc4)nc4cccnc43)C2)cc1. The lowest BCUT2D eigenvalue weighted by atomic mass is 10.1. The van der Waals surface area contributed by atoms with Gasteiger partial charge in [0, 0.05) is 25.0 Å². The van der Waals surface area contributed by atoms with Crippen LogP contribution in [0.1, 0.15) is 24.9 Å². The predicted molar refractivity (Wildman–Crippen MR) is 115 cm³/mol. The van der Waals surface area contributed by atoms with E-state index in [0.29, 0.717) is 13.1 Å². The normalized spacial score (nSPS) is 16.3. The van der Waals surface area contributed by atoms with E-state index in [1.807, 2.05) is 47.4 Å². The van der Waals surface area contributed by atoms with E-state index in [-0.39, 0.29) is 12.1 Å². The molecule has 1 saturated heterocycles. The van der Waals surface area contributed by atoms with Crippen LogP contribution in [0.5, 0.6) is 0 Å². The monoisotopic (exact) mass is 401 g/mol. The van der Waals surface area contributed by atoms with Gasteiger partial charge in [-0.15, -0.1) is 0 Å². The molecule has 1 aliphatic heterocycles. The van der Waals surface area contributed by atoms with Gasteiger partial charge in [-0.25, -0.2) is 14.8 Å². The first kappa shape index (κ1) is 18.4. The number of fused-ring (bicyclic) bond motifs is 1. The van der Waals surface area contributed by atoms with E-state index in [9.17, 15) is 4.79 Å². The number of aryl methyl sites for hydroxylation is 1. The topological polar surface area (TPSA) is 76.2 Å². The number of pyridine rings is 1. The number of anilines is 1. The molecule has 0 aliphatic carbocycles. The van der Waals surface area contributed by atoms with Gasteiger partial charge in [0.15, 0.2) is 5.65 Å². The van der Waals surface area contributed by atoms with Gasteiger partial charge >= 0.3 is 6.03 Å². The standard InChI is InChI=1S/C23H23N5O2/c1-2-16-5-7-18(8-6-16)25-23(29)27-12-9-19(14-27)28-21(17-10-13-30-15-17)26-20-4-3-11-24-22(20)28/h3-8,10-11,13,15,19H,2,9,12,14H2,1H3,(H,25,29)/t19-/m0/s1. The lowest BCUT2D eigenvalue weighted by Gasteiger charge is -2.19. The van der Waals surface area contributed by atoms with Gasteiger partial charge in [0.2, 0.25) is 0 Å². The minimum Gasteiger partial charge on any atom is -0.472 e. The average Bonchev–Trinajstić information content (AvgIpc) is 3.52. The summed E-state index contributed by atoms with van der Waals surface area (Å²) in [5.74, 6) is 0.819. The minimum absolute atomic E-state index is 0.0796. The summed E-state index contributed by atoms with van der Waals surface area (Å²) in [6.45, 7) is 3.40. The number of imidazole rings is 1. The van der Waals surface area contributed by atoms with Gasteiger partial charge in [0.1, 0.15) is 17.6 Å². The highest BCUT2D eigenvalue weighted by molar-refractivity contribution is 5.89. The van der Waals surface area contributed by atoms with E-state index in [0.717, 1.165) is 41.1 Å². The maximum atomic E-state index is 12.8. The number of carbonyl (C=O) groups excluding carboxylic acids is 1. The van der Waals surface area contributed by atoms with Crippen molar-refractivity contribution in [3.05, 3.63) is 66.8 Å². The van der Waals surface area contributed by atoms with Gasteiger partial charge in [-0.2, -0.15) is 0 Å². The summed E-state index contributed by atoms with van der Waals surface area (Å²) in [6, 6.07) is 13.8. The Balaban J connectivity index is 1.38. The quantitative estimate of drug-likeness (QED) is 0.536. The first-order valence-corrected chi connectivity index (χ1v) is 10.2. The zero-order valence-corrected chi connectivity index (χ0v) is 16.8. The molecular formula is C23H23N5O2. The first-order valence-electron chi connectivity index (χ1n) is 10.2. The summed E-state index contributed by atoms with van der Waals surface area (Å²) in [4.78, 5) is 24.0. The minimum atomic E-state index is -0.0796. The Bertz CT molecular complexity index is 1160. The summed E-state index contributed by atoms with van der Waals surface area (Å²) >= 11 is 0. The van der Waals surface area contributed by atoms with Crippen molar-refractivity contribution in [3.63, 3.8) is 0 Å². The van der Waals surface area contributed by atoms with E-state index in [2.05, 4.69) is 21.8 Å². The van der Waals surface area contributed by atoms with Crippen LogP contribution < -0.4 is 5.32 Å². The lowest BCUT2D eigenvalue weighted by Crippen LogP contribution is -2.33. The van der Waals surface area contributed by atoms with Gasteiger partial charge in [-0.1, -0.05) is 19.1 Å². The van der Waals surface area contributed by atoms with Crippen LogP contribution in [0.4, 0.5) is 10.5 Å². The second kappa shape index (κ2) is 7.67. The smallest absolute Gasteiger partial charge is 0.321 e. The fraction of sp³-hybridized carbons (Fsp3) is 0.261. The predicted octanol–water partition coefficient (Wildman–Crippen LogP) is 4.73. The van der Waals surface area contributed by atoms with Gasteiger partial charge in [0.25, 0.3) is 0 Å². The van der Waals surface area contributed by atoms with Crippen molar-refractivity contribution in [1.29, 1.82) is 0 Å². The van der Waals surface area contributed by atoms with Crippen LogP contribution in [0.3, 0.4) is 0 Å². The number of amides is 2. The highest BCUT2D eigenvalue weighted by Gasteiger charge is 2.31. The second-order valence-corrected chi connectivity index (χ2v) is 7.53. The zero-order chi connectivity index (χ0) is 20.5. The molecule has 1 N–H and O–H groups in total. The number of urea groups is 1. The number of nitrogens with zero attached hydrogens (tertiary/aromatic N) is 4. The van der Waals surface area contributed by atoms with Crippen LogP contribution in [0.2, 0.25) is 0 Å². The maximum absolute atomic E-state index is 12.8. The Morgan fingerprint density at radius 3 is 2.87 bits per heavy atom. The molecule has 1 atom stereocenters. The number of rotatable bonds is 4. The van der Waals surface area contributed by atoms with Crippen molar-refractivity contribution in [2.75, 3.05) is 18.4 Å². The fourth-order valence-electron chi connectivity index (χ4n) is 4.03. The van der Waals surface area contributed by atoms with Crippen molar-refractivity contribution in [2.24, 2.45) is 0 Å². The molecule has 0 spiro atoms. The molecule has 0 saturated carbocycles. The Morgan fingerprint density at radius 2 is 2.10 bits per heavy atom. The Labute approximate surface area is 174 Å². The Kier molecular flexibility index (Phi) is 4.71. The molecule has 7 nitrogen and oxygen atoms in total. The van der Waals surface area contributed by atoms with Gasteiger partial charge < -0.3 is 19.2 Å². The molecule has 4 heterocycles. The van der Waals surface area contributed by atoms with Crippen LogP contribution in [-0.4, -0.2) is 38.6 Å². The molecule has 30 heavy (non-hydrogen) atoms. The summed E-state index contributed by atoms with van der Waals surface area (Å²) in [7, 11) is 0. The highest BCUT2D eigenvalue weighted by atomic mass is 16.3. The molecule has 0 unspecified atom stereocenters.